The monoisotopic (exact) mass is 266 g/mol. The molecule has 0 unspecified atom stereocenters. The first-order chi connectivity index (χ1) is 8.44. The standard InChI is InChI=1S/C13H18N2O2S/c1-9(2)18(16,17)8-11-7-15-13-5-10(6-14)3-4-12(11)13/h3-5,7,9,15H,6,8,14H2,1-2H3. The smallest absolute Gasteiger partial charge is 0.156 e. The van der Waals surface area contributed by atoms with Gasteiger partial charge in [-0.15, -0.1) is 0 Å². The zero-order chi connectivity index (χ0) is 13.3. The summed E-state index contributed by atoms with van der Waals surface area (Å²) in [5.74, 6) is 0.0760. The molecule has 0 atom stereocenters. The van der Waals surface area contributed by atoms with E-state index < -0.39 is 9.84 Å². The molecule has 0 fully saturated rings. The lowest BCUT2D eigenvalue weighted by atomic mass is 10.1. The largest absolute Gasteiger partial charge is 0.361 e. The quantitative estimate of drug-likeness (QED) is 0.888. The number of benzene rings is 1. The second kappa shape index (κ2) is 4.74. The highest BCUT2D eigenvalue weighted by molar-refractivity contribution is 7.91. The number of rotatable bonds is 4. The molecule has 0 aliphatic rings. The van der Waals surface area contributed by atoms with E-state index in [9.17, 15) is 8.42 Å². The topological polar surface area (TPSA) is 76.0 Å². The number of H-pyrrole nitrogens is 1. The first-order valence-electron chi connectivity index (χ1n) is 5.94. The number of hydrogen-bond donors (Lipinski definition) is 2. The molecule has 0 spiro atoms. The van der Waals surface area contributed by atoms with Gasteiger partial charge in [-0.3, -0.25) is 0 Å². The minimum absolute atomic E-state index is 0.0760. The van der Waals surface area contributed by atoms with Crippen LogP contribution in [-0.2, 0) is 22.1 Å². The van der Waals surface area contributed by atoms with Crippen molar-refractivity contribution in [2.24, 2.45) is 5.73 Å². The van der Waals surface area contributed by atoms with Crippen molar-refractivity contribution < 1.29 is 8.42 Å². The van der Waals surface area contributed by atoms with Gasteiger partial charge < -0.3 is 10.7 Å². The Morgan fingerprint density at radius 1 is 1.33 bits per heavy atom. The number of sulfone groups is 1. The third kappa shape index (κ3) is 2.42. The van der Waals surface area contributed by atoms with Crippen molar-refractivity contribution in [2.45, 2.75) is 31.4 Å². The summed E-state index contributed by atoms with van der Waals surface area (Å²) in [5, 5.41) is 0.599. The summed E-state index contributed by atoms with van der Waals surface area (Å²) in [6, 6.07) is 5.82. The van der Waals surface area contributed by atoms with E-state index in [4.69, 9.17) is 5.73 Å². The second-order valence-corrected chi connectivity index (χ2v) is 7.31. The Bertz CT molecular complexity index is 657. The molecule has 1 aromatic carbocycles. The Morgan fingerprint density at radius 2 is 2.06 bits per heavy atom. The minimum Gasteiger partial charge on any atom is -0.361 e. The Kier molecular flexibility index (Phi) is 3.45. The molecular weight excluding hydrogens is 248 g/mol. The zero-order valence-electron chi connectivity index (χ0n) is 10.6. The highest BCUT2D eigenvalue weighted by Crippen LogP contribution is 2.22. The fraction of sp³-hybridized carbons (Fsp3) is 0.385. The lowest BCUT2D eigenvalue weighted by Crippen LogP contribution is -2.15. The van der Waals surface area contributed by atoms with Crippen molar-refractivity contribution in [2.75, 3.05) is 0 Å². The predicted octanol–water partition coefficient (Wildman–Crippen LogP) is 1.95. The summed E-state index contributed by atoms with van der Waals surface area (Å²) < 4.78 is 23.9. The van der Waals surface area contributed by atoms with Crippen molar-refractivity contribution in [3.63, 3.8) is 0 Å². The average molecular weight is 266 g/mol. The minimum atomic E-state index is -3.07. The molecule has 2 aromatic rings. The van der Waals surface area contributed by atoms with Crippen molar-refractivity contribution >= 4 is 20.7 Å². The van der Waals surface area contributed by atoms with Crippen molar-refractivity contribution in [3.05, 3.63) is 35.5 Å². The van der Waals surface area contributed by atoms with Crippen LogP contribution in [0.3, 0.4) is 0 Å². The maximum absolute atomic E-state index is 11.9. The molecule has 3 N–H and O–H groups in total. The fourth-order valence-electron chi connectivity index (χ4n) is 1.86. The van der Waals surface area contributed by atoms with Gasteiger partial charge in [0.15, 0.2) is 9.84 Å². The Balaban J connectivity index is 2.42. The molecule has 18 heavy (non-hydrogen) atoms. The lowest BCUT2D eigenvalue weighted by molar-refractivity contribution is 0.586. The van der Waals surface area contributed by atoms with E-state index in [-0.39, 0.29) is 11.0 Å². The van der Waals surface area contributed by atoms with Gasteiger partial charge in [-0.1, -0.05) is 12.1 Å². The van der Waals surface area contributed by atoms with E-state index in [0.717, 1.165) is 22.0 Å². The van der Waals surface area contributed by atoms with Gasteiger partial charge in [-0.2, -0.15) is 0 Å². The molecule has 4 nitrogen and oxygen atoms in total. The predicted molar refractivity (Wildman–Crippen MR) is 73.9 cm³/mol. The van der Waals surface area contributed by atoms with Gasteiger partial charge in [0, 0.05) is 23.6 Å². The van der Waals surface area contributed by atoms with Crippen LogP contribution in [0.15, 0.2) is 24.4 Å². The number of nitrogens with one attached hydrogen (secondary N) is 1. The fourth-order valence-corrected chi connectivity index (χ4v) is 2.87. The number of nitrogens with two attached hydrogens (primary N) is 1. The van der Waals surface area contributed by atoms with Crippen LogP contribution in [0.25, 0.3) is 10.9 Å². The van der Waals surface area contributed by atoms with E-state index in [1.54, 1.807) is 20.0 Å². The Labute approximate surface area is 107 Å². The van der Waals surface area contributed by atoms with Crippen molar-refractivity contribution in [1.29, 1.82) is 0 Å². The molecule has 1 aromatic heterocycles. The number of fused-ring (bicyclic) bond motifs is 1. The maximum atomic E-state index is 11.9. The summed E-state index contributed by atoms with van der Waals surface area (Å²) in [6.45, 7) is 3.89. The summed E-state index contributed by atoms with van der Waals surface area (Å²) in [6.07, 6.45) is 1.77. The molecular formula is C13H18N2O2S. The van der Waals surface area contributed by atoms with Crippen LogP contribution >= 0.6 is 0 Å². The van der Waals surface area contributed by atoms with Gasteiger partial charge >= 0.3 is 0 Å². The average Bonchev–Trinajstić information content (AvgIpc) is 2.71. The molecule has 0 bridgehead atoms. The molecule has 0 amide bonds. The normalized spacial score (nSPS) is 12.4. The second-order valence-electron chi connectivity index (χ2n) is 4.75. The SMILES string of the molecule is CC(C)S(=O)(=O)Cc1c[nH]c2cc(CN)ccc12. The van der Waals surface area contributed by atoms with Crippen LogP contribution in [0.4, 0.5) is 0 Å². The summed E-state index contributed by atoms with van der Waals surface area (Å²) in [4.78, 5) is 3.10. The molecule has 2 rings (SSSR count). The summed E-state index contributed by atoms with van der Waals surface area (Å²) in [5.41, 5.74) is 8.37. The number of aromatic amines is 1. The molecule has 0 radical (unpaired) electrons. The molecule has 0 aliphatic carbocycles. The number of hydrogen-bond acceptors (Lipinski definition) is 3. The van der Waals surface area contributed by atoms with E-state index in [0.29, 0.717) is 6.54 Å². The van der Waals surface area contributed by atoms with Crippen LogP contribution < -0.4 is 5.73 Å². The third-order valence-electron chi connectivity index (χ3n) is 3.14. The Hall–Kier alpha value is -1.33. The first kappa shape index (κ1) is 13.1. The van der Waals surface area contributed by atoms with Crippen LogP contribution in [0.5, 0.6) is 0 Å². The Morgan fingerprint density at radius 3 is 2.67 bits per heavy atom. The van der Waals surface area contributed by atoms with Crippen molar-refractivity contribution in [1.82, 2.24) is 4.98 Å². The van der Waals surface area contributed by atoms with Gasteiger partial charge in [0.1, 0.15) is 0 Å². The first-order valence-corrected chi connectivity index (χ1v) is 7.66. The van der Waals surface area contributed by atoms with Crippen LogP contribution in [0.2, 0.25) is 0 Å². The lowest BCUT2D eigenvalue weighted by Gasteiger charge is -2.06. The van der Waals surface area contributed by atoms with Gasteiger partial charge in [-0.05, 0) is 31.0 Å². The van der Waals surface area contributed by atoms with Gasteiger partial charge in [0.25, 0.3) is 0 Å². The van der Waals surface area contributed by atoms with Crippen LogP contribution in [0.1, 0.15) is 25.0 Å². The molecule has 5 heteroatoms. The van der Waals surface area contributed by atoms with Crippen molar-refractivity contribution in [3.8, 4) is 0 Å². The summed E-state index contributed by atoms with van der Waals surface area (Å²) in [7, 11) is -3.07. The molecule has 0 saturated carbocycles. The van der Waals surface area contributed by atoms with E-state index in [1.165, 1.54) is 0 Å². The molecule has 1 heterocycles. The van der Waals surface area contributed by atoms with Crippen LogP contribution in [-0.4, -0.2) is 18.7 Å². The number of aromatic nitrogens is 1. The van der Waals surface area contributed by atoms with Crippen LogP contribution in [0, 0.1) is 0 Å². The van der Waals surface area contributed by atoms with Gasteiger partial charge in [-0.25, -0.2) is 8.42 Å². The summed E-state index contributed by atoms with van der Waals surface area (Å²) >= 11 is 0. The van der Waals surface area contributed by atoms with E-state index in [1.807, 2.05) is 18.2 Å². The van der Waals surface area contributed by atoms with Gasteiger partial charge in [0.05, 0.1) is 11.0 Å². The van der Waals surface area contributed by atoms with E-state index >= 15 is 0 Å². The molecule has 0 aliphatic heterocycles. The maximum Gasteiger partial charge on any atom is 0.156 e. The molecule has 0 saturated heterocycles. The van der Waals surface area contributed by atoms with Gasteiger partial charge in [0.2, 0.25) is 0 Å². The zero-order valence-corrected chi connectivity index (χ0v) is 11.4. The highest BCUT2D eigenvalue weighted by atomic mass is 32.2. The highest BCUT2D eigenvalue weighted by Gasteiger charge is 2.18. The van der Waals surface area contributed by atoms with E-state index in [2.05, 4.69) is 4.98 Å². The molecule has 98 valence electrons. The third-order valence-corrected chi connectivity index (χ3v) is 5.29.